The van der Waals surface area contributed by atoms with E-state index in [4.69, 9.17) is 4.74 Å². The Morgan fingerprint density at radius 1 is 1.11 bits per heavy atom. The molecule has 1 aliphatic rings. The van der Waals surface area contributed by atoms with E-state index in [-0.39, 0.29) is 5.91 Å². The second-order valence-electron chi connectivity index (χ2n) is 7.54. The number of amides is 1. The van der Waals surface area contributed by atoms with Crippen LogP contribution in [0.25, 0.3) is 0 Å². The van der Waals surface area contributed by atoms with Crippen molar-refractivity contribution < 1.29 is 9.53 Å². The number of carbonyl (C=O) groups excluding carboxylic acids is 1. The molecule has 1 atom stereocenters. The summed E-state index contributed by atoms with van der Waals surface area (Å²) < 4.78 is 6.01. The van der Waals surface area contributed by atoms with Crippen molar-refractivity contribution in [3.05, 3.63) is 64.7 Å². The van der Waals surface area contributed by atoms with Crippen molar-refractivity contribution in [1.82, 2.24) is 5.32 Å². The highest BCUT2D eigenvalue weighted by Crippen LogP contribution is 2.26. The predicted octanol–water partition coefficient (Wildman–Crippen LogP) is 4.78. The number of hydrogen-bond acceptors (Lipinski definition) is 2. The van der Waals surface area contributed by atoms with Crippen LogP contribution in [0.2, 0.25) is 0 Å². The zero-order valence-electron chi connectivity index (χ0n) is 16.6. The summed E-state index contributed by atoms with van der Waals surface area (Å²) in [5, 5.41) is 3.04. The Kier molecular flexibility index (Phi) is 6.92. The molecule has 0 saturated carbocycles. The van der Waals surface area contributed by atoms with Gasteiger partial charge in [0.15, 0.2) is 6.10 Å². The van der Waals surface area contributed by atoms with Gasteiger partial charge < -0.3 is 10.1 Å². The fraction of sp³-hybridized carbons (Fsp3) is 0.458. The molecule has 0 aliphatic heterocycles. The van der Waals surface area contributed by atoms with Crippen LogP contribution in [0.5, 0.6) is 5.75 Å². The van der Waals surface area contributed by atoms with Gasteiger partial charge in [0.2, 0.25) is 0 Å². The fourth-order valence-electron chi connectivity index (χ4n) is 3.76. The summed E-state index contributed by atoms with van der Waals surface area (Å²) >= 11 is 0. The lowest BCUT2D eigenvalue weighted by Gasteiger charge is -2.20. The summed E-state index contributed by atoms with van der Waals surface area (Å²) in [6.07, 6.45) is 6.95. The van der Waals surface area contributed by atoms with Crippen LogP contribution in [-0.2, 0) is 24.1 Å². The standard InChI is InChI=1S/C24H31NO2/c1-3-23(27-22-14-13-20-11-4-5-12-21(20)17-22)24(26)25-15-7-10-19-9-6-8-18(2)16-19/h6,8-9,13-14,16-17,23H,3-5,7,10-12,15H2,1-2H3,(H,25,26). The summed E-state index contributed by atoms with van der Waals surface area (Å²) in [4.78, 5) is 12.5. The monoisotopic (exact) mass is 365 g/mol. The van der Waals surface area contributed by atoms with Gasteiger partial charge in [0.05, 0.1) is 0 Å². The smallest absolute Gasteiger partial charge is 0.261 e. The van der Waals surface area contributed by atoms with Crippen LogP contribution in [0.4, 0.5) is 0 Å². The maximum absolute atomic E-state index is 12.5. The zero-order chi connectivity index (χ0) is 19.1. The average Bonchev–Trinajstić information content (AvgIpc) is 2.69. The van der Waals surface area contributed by atoms with E-state index in [0.29, 0.717) is 13.0 Å². The number of aryl methyl sites for hydroxylation is 4. The maximum atomic E-state index is 12.5. The lowest BCUT2D eigenvalue weighted by molar-refractivity contribution is -0.128. The minimum absolute atomic E-state index is 0.0144. The Hall–Kier alpha value is -2.29. The highest BCUT2D eigenvalue weighted by atomic mass is 16.5. The van der Waals surface area contributed by atoms with Gasteiger partial charge in [-0.05, 0) is 80.7 Å². The van der Waals surface area contributed by atoms with Crippen LogP contribution in [0.1, 0.15) is 54.9 Å². The second kappa shape index (κ2) is 9.59. The molecule has 0 aromatic heterocycles. The average molecular weight is 366 g/mol. The molecule has 1 N–H and O–H groups in total. The van der Waals surface area contributed by atoms with Crippen molar-refractivity contribution >= 4 is 5.91 Å². The summed E-state index contributed by atoms with van der Waals surface area (Å²) in [7, 11) is 0. The molecule has 3 rings (SSSR count). The van der Waals surface area contributed by atoms with Crippen LogP contribution in [0.15, 0.2) is 42.5 Å². The van der Waals surface area contributed by atoms with Gasteiger partial charge in [-0.15, -0.1) is 0 Å². The van der Waals surface area contributed by atoms with Crippen molar-refractivity contribution in [3.63, 3.8) is 0 Å². The van der Waals surface area contributed by atoms with Crippen molar-refractivity contribution in [3.8, 4) is 5.75 Å². The van der Waals surface area contributed by atoms with E-state index in [9.17, 15) is 4.79 Å². The molecule has 0 fully saturated rings. The first-order chi connectivity index (χ1) is 13.2. The van der Waals surface area contributed by atoms with E-state index in [1.165, 1.54) is 35.1 Å². The molecule has 1 unspecified atom stereocenters. The Balaban J connectivity index is 1.47. The van der Waals surface area contributed by atoms with Crippen molar-refractivity contribution in [1.29, 1.82) is 0 Å². The second-order valence-corrected chi connectivity index (χ2v) is 7.54. The van der Waals surface area contributed by atoms with Gasteiger partial charge in [0, 0.05) is 6.54 Å². The third-order valence-electron chi connectivity index (χ3n) is 5.29. The molecule has 27 heavy (non-hydrogen) atoms. The van der Waals surface area contributed by atoms with Crippen LogP contribution < -0.4 is 10.1 Å². The molecule has 1 aliphatic carbocycles. The van der Waals surface area contributed by atoms with Crippen molar-refractivity contribution in [2.75, 3.05) is 6.54 Å². The minimum atomic E-state index is -0.425. The number of fused-ring (bicyclic) bond motifs is 1. The first-order valence-electron chi connectivity index (χ1n) is 10.3. The molecule has 1 amide bonds. The highest BCUT2D eigenvalue weighted by Gasteiger charge is 2.19. The number of carbonyl (C=O) groups is 1. The molecule has 0 radical (unpaired) electrons. The Morgan fingerprint density at radius 3 is 2.70 bits per heavy atom. The van der Waals surface area contributed by atoms with Crippen LogP contribution in [0, 0.1) is 6.92 Å². The largest absolute Gasteiger partial charge is 0.481 e. The predicted molar refractivity (Wildman–Crippen MR) is 110 cm³/mol. The normalized spacial score (nSPS) is 14.3. The number of nitrogens with one attached hydrogen (secondary N) is 1. The van der Waals surface area contributed by atoms with E-state index in [0.717, 1.165) is 31.4 Å². The summed E-state index contributed by atoms with van der Waals surface area (Å²) in [5.74, 6) is 0.803. The third-order valence-corrected chi connectivity index (χ3v) is 5.29. The van der Waals surface area contributed by atoms with Crippen molar-refractivity contribution in [2.24, 2.45) is 0 Å². The Bertz CT molecular complexity index is 769. The first-order valence-corrected chi connectivity index (χ1v) is 10.3. The van der Waals surface area contributed by atoms with E-state index in [2.05, 4.69) is 48.6 Å². The Morgan fingerprint density at radius 2 is 1.93 bits per heavy atom. The summed E-state index contributed by atoms with van der Waals surface area (Å²) in [6, 6.07) is 14.8. The Labute approximate surface area is 163 Å². The van der Waals surface area contributed by atoms with Gasteiger partial charge in [0.1, 0.15) is 5.75 Å². The molecule has 0 saturated heterocycles. The molecule has 2 aromatic rings. The van der Waals surface area contributed by atoms with Gasteiger partial charge in [-0.2, -0.15) is 0 Å². The number of hydrogen-bond donors (Lipinski definition) is 1. The minimum Gasteiger partial charge on any atom is -0.481 e. The van der Waals surface area contributed by atoms with Gasteiger partial charge >= 0.3 is 0 Å². The third kappa shape index (κ3) is 5.59. The maximum Gasteiger partial charge on any atom is 0.261 e. The zero-order valence-corrected chi connectivity index (χ0v) is 16.6. The van der Waals surface area contributed by atoms with Crippen molar-refractivity contribution in [2.45, 2.75) is 64.9 Å². The summed E-state index contributed by atoms with van der Waals surface area (Å²) in [5.41, 5.74) is 5.41. The molecule has 0 bridgehead atoms. The molecule has 0 heterocycles. The van der Waals surface area contributed by atoms with Gasteiger partial charge in [-0.25, -0.2) is 0 Å². The SMILES string of the molecule is CCC(Oc1ccc2c(c1)CCCC2)C(=O)NCCCc1cccc(C)c1. The van der Waals surface area contributed by atoms with Gasteiger partial charge in [-0.3, -0.25) is 4.79 Å². The highest BCUT2D eigenvalue weighted by molar-refractivity contribution is 5.81. The molecular weight excluding hydrogens is 334 g/mol. The van der Waals surface area contributed by atoms with E-state index >= 15 is 0 Å². The lowest BCUT2D eigenvalue weighted by Crippen LogP contribution is -2.38. The van der Waals surface area contributed by atoms with E-state index in [1.807, 2.05) is 13.0 Å². The van der Waals surface area contributed by atoms with Gasteiger partial charge in [0.25, 0.3) is 5.91 Å². The molecule has 3 heteroatoms. The number of benzene rings is 2. The topological polar surface area (TPSA) is 38.3 Å². The van der Waals surface area contributed by atoms with Crippen LogP contribution in [0.3, 0.4) is 0 Å². The van der Waals surface area contributed by atoms with Crippen LogP contribution >= 0.6 is 0 Å². The van der Waals surface area contributed by atoms with Crippen LogP contribution in [-0.4, -0.2) is 18.6 Å². The van der Waals surface area contributed by atoms with E-state index < -0.39 is 6.10 Å². The first kappa shape index (κ1) is 19.5. The number of rotatable bonds is 8. The molecule has 0 spiro atoms. The van der Waals surface area contributed by atoms with E-state index in [1.54, 1.807) is 0 Å². The molecule has 3 nitrogen and oxygen atoms in total. The molecular formula is C24H31NO2. The quantitative estimate of drug-likeness (QED) is 0.684. The molecule has 2 aromatic carbocycles. The fourth-order valence-corrected chi connectivity index (χ4v) is 3.76. The lowest BCUT2D eigenvalue weighted by atomic mass is 9.92. The summed E-state index contributed by atoms with van der Waals surface area (Å²) in [6.45, 7) is 4.78. The number of ether oxygens (including phenoxy) is 1. The molecule has 144 valence electrons. The van der Waals surface area contributed by atoms with Gasteiger partial charge in [-0.1, -0.05) is 42.8 Å².